The summed E-state index contributed by atoms with van der Waals surface area (Å²) in [5.74, 6) is 0. The Hall–Kier alpha value is -2.50. The number of alkyl halides is 6. The van der Waals surface area contributed by atoms with Gasteiger partial charge in [0.2, 0.25) is 0 Å². The fourth-order valence-electron chi connectivity index (χ4n) is 3.69. The highest BCUT2D eigenvalue weighted by Gasteiger charge is 2.64. The zero-order valence-electron chi connectivity index (χ0n) is 22.8. The highest BCUT2D eigenvalue weighted by Crippen LogP contribution is 2.39. The maximum Gasteiger partial charge on any atom is 0.426 e. The minimum absolute atomic E-state index is 0.157. The second kappa shape index (κ2) is 11.8. The minimum atomic E-state index is -6.41. The summed E-state index contributed by atoms with van der Waals surface area (Å²) in [5.41, 5.74) is 7.89. The normalized spacial score (nSPS) is 13.8. The Labute approximate surface area is 236 Å². The lowest BCUT2D eigenvalue weighted by atomic mass is 9.84. The number of hydrogen-bond donors (Lipinski definition) is 2. The van der Waals surface area contributed by atoms with Crippen LogP contribution in [-0.2, 0) is 20.9 Å². The molecule has 0 spiro atoms. The van der Waals surface area contributed by atoms with Crippen LogP contribution in [-0.4, -0.2) is 30.6 Å². The minimum Gasteiger partial charge on any atom is -0.281 e. The summed E-state index contributed by atoms with van der Waals surface area (Å²) in [5, 5.41) is -5.88. The third-order valence-corrected chi connectivity index (χ3v) is 7.34. The number of benzene rings is 3. The first-order valence-electron chi connectivity index (χ1n) is 12.1. The summed E-state index contributed by atoms with van der Waals surface area (Å²) in [6, 6.07) is 24.2. The van der Waals surface area contributed by atoms with Crippen molar-refractivity contribution in [2.75, 3.05) is 0 Å². The van der Waals surface area contributed by atoms with Gasteiger partial charge in [-0.3, -0.25) is 4.55 Å². The zero-order valence-corrected chi connectivity index (χ0v) is 24.5. The molecule has 0 saturated heterocycles. The molecule has 0 heterocycles. The van der Waals surface area contributed by atoms with Gasteiger partial charge in [-0.1, -0.05) is 102 Å². The van der Waals surface area contributed by atoms with Crippen molar-refractivity contribution in [3.63, 3.8) is 0 Å². The van der Waals surface area contributed by atoms with Gasteiger partial charge in [0, 0.05) is 10.5 Å². The van der Waals surface area contributed by atoms with Gasteiger partial charge in [-0.2, -0.15) is 30.4 Å². The van der Waals surface area contributed by atoms with Crippen LogP contribution >= 0.6 is 12.6 Å². The van der Waals surface area contributed by atoms with E-state index in [2.05, 4.69) is 108 Å². The molecule has 0 aliphatic rings. The third-order valence-electron chi connectivity index (χ3n) is 6.07. The Morgan fingerprint density at radius 3 is 1.43 bits per heavy atom. The van der Waals surface area contributed by atoms with Crippen LogP contribution in [0.2, 0.25) is 0 Å². The van der Waals surface area contributed by atoms with E-state index in [9.17, 15) is 34.8 Å². The van der Waals surface area contributed by atoms with Crippen molar-refractivity contribution < 1.29 is 39.3 Å². The molecule has 0 saturated carbocycles. The van der Waals surface area contributed by atoms with Gasteiger partial charge in [-0.25, -0.2) is 4.39 Å². The topological polar surface area (TPSA) is 54.4 Å². The first kappa shape index (κ1) is 33.7. The number of thiol groups is 1. The van der Waals surface area contributed by atoms with Crippen LogP contribution in [0.4, 0.5) is 26.3 Å². The van der Waals surface area contributed by atoms with Gasteiger partial charge in [0.1, 0.15) is 0 Å². The average molecular weight is 607 g/mol. The van der Waals surface area contributed by atoms with Gasteiger partial charge >= 0.3 is 21.5 Å². The Balaban J connectivity index is 0.000000366. The maximum atomic E-state index is 11.9. The van der Waals surface area contributed by atoms with Crippen LogP contribution in [0.15, 0.2) is 71.6 Å². The second-order valence-electron chi connectivity index (χ2n) is 11.3. The predicted octanol–water partition coefficient (Wildman–Crippen LogP) is 9.27. The molecule has 40 heavy (non-hydrogen) atoms. The van der Waals surface area contributed by atoms with Gasteiger partial charge in [0.05, 0.1) is 0 Å². The van der Waals surface area contributed by atoms with Crippen molar-refractivity contribution in [2.45, 2.75) is 74.9 Å². The fraction of sp³-hybridized carbons (Fsp3) is 0.379. The summed E-state index contributed by atoms with van der Waals surface area (Å²) in [6.07, 6.45) is -11.0. The molecule has 0 bridgehead atoms. The lowest BCUT2D eigenvalue weighted by Crippen LogP contribution is -2.46. The van der Waals surface area contributed by atoms with Crippen molar-refractivity contribution in [3.05, 3.63) is 77.9 Å². The average Bonchev–Trinajstić information content (AvgIpc) is 2.81. The summed E-state index contributed by atoms with van der Waals surface area (Å²) >= 11 is 4.78. The molecule has 0 fully saturated rings. The fourth-order valence-corrected chi connectivity index (χ4v) is 4.42. The van der Waals surface area contributed by atoms with E-state index < -0.39 is 27.7 Å². The van der Waals surface area contributed by atoms with Crippen LogP contribution in [0.25, 0.3) is 22.3 Å². The van der Waals surface area contributed by atoms with Crippen LogP contribution in [0.5, 0.6) is 0 Å². The lowest BCUT2D eigenvalue weighted by Gasteiger charge is -2.21. The zero-order chi connectivity index (χ0) is 30.9. The number of hydrogen-bond acceptors (Lipinski definition) is 3. The van der Waals surface area contributed by atoms with Crippen LogP contribution in [0.1, 0.15) is 52.7 Å². The molecule has 3 aromatic carbocycles. The molecular weight excluding hydrogens is 574 g/mol. The number of rotatable bonds is 4. The van der Waals surface area contributed by atoms with E-state index in [0.29, 0.717) is 0 Å². The molecule has 3 nitrogen and oxygen atoms in total. The van der Waals surface area contributed by atoms with Gasteiger partial charge in [-0.05, 0) is 44.7 Å². The molecule has 3 aromatic rings. The summed E-state index contributed by atoms with van der Waals surface area (Å²) < 4.78 is 96.1. The van der Waals surface area contributed by atoms with E-state index in [1.54, 1.807) is 0 Å². The highest BCUT2D eigenvalue weighted by atomic mass is 32.2. The van der Waals surface area contributed by atoms with Crippen molar-refractivity contribution in [2.24, 2.45) is 0 Å². The Morgan fingerprint density at radius 2 is 1.10 bits per heavy atom. The smallest absolute Gasteiger partial charge is 0.281 e. The van der Waals surface area contributed by atoms with E-state index in [0.717, 1.165) is 4.90 Å². The first-order chi connectivity index (χ1) is 18.0. The molecule has 0 radical (unpaired) electrons. The molecule has 220 valence electrons. The summed E-state index contributed by atoms with van der Waals surface area (Å²) in [7, 11) is -6.41. The SMILES string of the molecule is CC(C)(C)c1ccc(-c2cccc(S)c2-c2ccc(C(C)(C)C)cc2)cc1.O=S(=O)(O)C(F)(F)C(F)C(F)(F)F. The van der Waals surface area contributed by atoms with E-state index in [-0.39, 0.29) is 10.8 Å². The molecule has 0 aliphatic carbocycles. The Kier molecular flexibility index (Phi) is 9.92. The third kappa shape index (κ3) is 8.04. The van der Waals surface area contributed by atoms with Gasteiger partial charge < -0.3 is 0 Å². The van der Waals surface area contributed by atoms with Crippen molar-refractivity contribution in [1.82, 2.24) is 0 Å². The van der Waals surface area contributed by atoms with Crippen LogP contribution in [0, 0.1) is 0 Å². The van der Waals surface area contributed by atoms with Gasteiger partial charge in [0.15, 0.2) is 0 Å². The quantitative estimate of drug-likeness (QED) is 0.177. The van der Waals surface area contributed by atoms with Crippen molar-refractivity contribution in [1.29, 1.82) is 0 Å². The Morgan fingerprint density at radius 1 is 0.700 bits per heavy atom. The van der Waals surface area contributed by atoms with Gasteiger partial charge in [0.25, 0.3) is 6.17 Å². The molecule has 0 aliphatic heterocycles. The van der Waals surface area contributed by atoms with E-state index in [1.165, 1.54) is 33.4 Å². The molecular formula is C29H32F6O3S2. The molecule has 0 amide bonds. The van der Waals surface area contributed by atoms with Gasteiger partial charge in [-0.15, -0.1) is 12.6 Å². The van der Waals surface area contributed by atoms with E-state index >= 15 is 0 Å². The monoisotopic (exact) mass is 606 g/mol. The van der Waals surface area contributed by atoms with Crippen molar-refractivity contribution >= 4 is 22.7 Å². The molecule has 11 heteroatoms. The van der Waals surface area contributed by atoms with Crippen LogP contribution in [0.3, 0.4) is 0 Å². The largest absolute Gasteiger partial charge is 0.426 e. The molecule has 1 atom stereocenters. The summed E-state index contributed by atoms with van der Waals surface area (Å²) in [6.45, 7) is 13.5. The molecule has 0 aromatic heterocycles. The maximum absolute atomic E-state index is 11.9. The standard InChI is InChI=1S/C26H30S.C3H2F6O3S/c1-25(2,3)20-14-10-18(11-15-20)22-8-7-9-23(27)24(22)19-12-16-21(17-13-19)26(4,5)6;4-1(2(5,6)7)3(8,9)13(10,11)12/h7-17,27H,1-6H3;1H,(H,10,11,12). The Bertz CT molecular complexity index is 1400. The first-order valence-corrected chi connectivity index (χ1v) is 14.0. The molecule has 1 unspecified atom stereocenters. The summed E-state index contributed by atoms with van der Waals surface area (Å²) in [4.78, 5) is 1.01. The molecule has 1 N–H and O–H groups in total. The van der Waals surface area contributed by atoms with Crippen molar-refractivity contribution in [3.8, 4) is 22.3 Å². The number of halogens is 6. The van der Waals surface area contributed by atoms with Crippen LogP contribution < -0.4 is 0 Å². The van der Waals surface area contributed by atoms with E-state index in [4.69, 9.17) is 17.2 Å². The van der Waals surface area contributed by atoms with E-state index in [1.807, 2.05) is 0 Å². The molecule has 3 rings (SSSR count). The highest BCUT2D eigenvalue weighted by molar-refractivity contribution is 7.86. The predicted molar refractivity (Wildman–Crippen MR) is 149 cm³/mol. The lowest BCUT2D eigenvalue weighted by molar-refractivity contribution is -0.223. The second-order valence-corrected chi connectivity index (χ2v) is 13.3.